The lowest BCUT2D eigenvalue weighted by molar-refractivity contribution is 0.547. The van der Waals surface area contributed by atoms with E-state index in [1.165, 1.54) is 0 Å². The molecule has 3 N–H and O–H groups in total. The normalized spacial score (nSPS) is 17.2. The Labute approximate surface area is 61.9 Å². The zero-order valence-electron chi connectivity index (χ0n) is 4.92. The molecular weight excluding hydrogens is 162 g/mol. The number of hydrogen-bond acceptors (Lipinski definition) is 2. The van der Waals surface area contributed by atoms with Gasteiger partial charge in [-0.2, -0.15) is 0 Å². The monoisotopic (exact) mass is 171 g/mol. The first-order valence-electron chi connectivity index (χ1n) is 2.58. The van der Waals surface area contributed by atoms with Gasteiger partial charge < -0.3 is 10.3 Å². The molecule has 2 atom stereocenters. The van der Waals surface area contributed by atoms with Crippen LogP contribution in [0.2, 0.25) is 0 Å². The summed E-state index contributed by atoms with van der Waals surface area (Å²) in [6.45, 7) is 0.406. The van der Waals surface area contributed by atoms with E-state index in [0.717, 1.165) is 0 Å². The van der Waals surface area contributed by atoms with Crippen molar-refractivity contribution in [1.82, 2.24) is 0 Å². The van der Waals surface area contributed by atoms with Crippen molar-refractivity contribution in [1.29, 1.82) is 0 Å². The van der Waals surface area contributed by atoms with Crippen LogP contribution in [0, 0.1) is 0 Å². The maximum absolute atomic E-state index is 10.3. The Balaban J connectivity index is 3.54. The van der Waals surface area contributed by atoms with Gasteiger partial charge in [0.25, 0.3) is 0 Å². The predicted molar refractivity (Wildman–Crippen MR) is 39.0 cm³/mol. The molecule has 0 fully saturated rings. The van der Waals surface area contributed by atoms with Gasteiger partial charge in [0.05, 0.1) is 5.25 Å². The third-order valence-corrected chi connectivity index (χ3v) is 2.47. The highest BCUT2D eigenvalue weighted by atomic mass is 35.5. The van der Waals surface area contributed by atoms with Crippen molar-refractivity contribution >= 4 is 22.7 Å². The largest absolute Gasteiger partial charge is 0.330 e. The number of halogens is 1. The summed E-state index contributed by atoms with van der Waals surface area (Å²) in [5.74, 6) is 0.195. The molecule has 0 aliphatic carbocycles. The van der Waals surface area contributed by atoms with Crippen LogP contribution in [0.1, 0.15) is 6.42 Å². The molecule has 9 heavy (non-hydrogen) atoms. The van der Waals surface area contributed by atoms with Crippen molar-refractivity contribution in [3.8, 4) is 0 Å². The van der Waals surface area contributed by atoms with Crippen LogP contribution in [0.5, 0.6) is 0 Å². The average Bonchev–Trinajstić information content (AvgIpc) is 1.82. The van der Waals surface area contributed by atoms with Gasteiger partial charge in [0.2, 0.25) is 0 Å². The van der Waals surface area contributed by atoms with E-state index in [0.29, 0.717) is 13.0 Å². The van der Waals surface area contributed by atoms with Gasteiger partial charge in [-0.25, -0.2) is 4.21 Å². The van der Waals surface area contributed by atoms with Gasteiger partial charge in [-0.3, -0.25) is 0 Å². The van der Waals surface area contributed by atoms with Gasteiger partial charge in [0.1, 0.15) is 0 Å². The van der Waals surface area contributed by atoms with Crippen molar-refractivity contribution in [2.75, 3.05) is 12.4 Å². The molecule has 0 amide bonds. The van der Waals surface area contributed by atoms with E-state index in [-0.39, 0.29) is 11.1 Å². The first-order valence-corrected chi connectivity index (χ1v) is 4.28. The molecule has 0 heterocycles. The molecule has 0 aromatic carbocycles. The number of rotatable bonds is 4. The van der Waals surface area contributed by atoms with Crippen molar-refractivity contribution in [3.05, 3.63) is 0 Å². The molecule has 0 bridgehead atoms. The highest BCUT2D eigenvalue weighted by molar-refractivity contribution is 7.80. The van der Waals surface area contributed by atoms with E-state index in [9.17, 15) is 4.21 Å². The van der Waals surface area contributed by atoms with E-state index in [2.05, 4.69) is 0 Å². The van der Waals surface area contributed by atoms with Crippen LogP contribution < -0.4 is 5.73 Å². The highest BCUT2D eigenvalue weighted by Crippen LogP contribution is 2.00. The van der Waals surface area contributed by atoms with Gasteiger partial charge in [-0.1, -0.05) is 0 Å². The minimum Gasteiger partial charge on any atom is -0.330 e. The summed E-state index contributed by atoms with van der Waals surface area (Å²) in [5, 5.41) is -0.364. The van der Waals surface area contributed by atoms with Crippen molar-refractivity contribution in [2.24, 2.45) is 5.73 Å². The topological polar surface area (TPSA) is 63.3 Å². The van der Waals surface area contributed by atoms with Crippen molar-refractivity contribution in [2.45, 2.75) is 11.7 Å². The average molecular weight is 172 g/mol. The van der Waals surface area contributed by atoms with Crippen LogP contribution in [-0.4, -0.2) is 26.4 Å². The molecule has 0 saturated heterocycles. The zero-order valence-corrected chi connectivity index (χ0v) is 6.49. The molecule has 0 aromatic heterocycles. The van der Waals surface area contributed by atoms with Crippen molar-refractivity contribution < 1.29 is 8.76 Å². The minimum absolute atomic E-state index is 0.195. The Morgan fingerprint density at radius 3 is 2.44 bits per heavy atom. The second kappa shape index (κ2) is 5.17. The Hall–Kier alpha value is 0.360. The third-order valence-electron chi connectivity index (χ3n) is 0.946. The summed E-state index contributed by atoms with van der Waals surface area (Å²) >= 11 is 3.52. The van der Waals surface area contributed by atoms with Gasteiger partial charge in [0, 0.05) is 5.88 Å². The number of nitrogens with two attached hydrogens (primary N) is 1. The van der Waals surface area contributed by atoms with Crippen LogP contribution in [0.25, 0.3) is 0 Å². The van der Waals surface area contributed by atoms with Crippen LogP contribution in [0.4, 0.5) is 0 Å². The fourth-order valence-electron chi connectivity index (χ4n) is 0.418. The fraction of sp³-hybridized carbons (Fsp3) is 1.00. The molecule has 56 valence electrons. The maximum Gasteiger partial charge on any atom is 0.157 e. The smallest absolute Gasteiger partial charge is 0.157 e. The predicted octanol–water partition coefficient (Wildman–Crippen LogP) is 0.164. The van der Waals surface area contributed by atoms with E-state index in [1.807, 2.05) is 0 Å². The van der Waals surface area contributed by atoms with E-state index in [4.69, 9.17) is 21.9 Å². The van der Waals surface area contributed by atoms with E-state index >= 15 is 0 Å². The van der Waals surface area contributed by atoms with E-state index < -0.39 is 11.1 Å². The van der Waals surface area contributed by atoms with Crippen LogP contribution in [-0.2, 0) is 11.1 Å². The minimum atomic E-state index is -1.82. The SMILES string of the molecule is NCCC(CCl)S(=O)O. The highest BCUT2D eigenvalue weighted by Gasteiger charge is 2.11. The van der Waals surface area contributed by atoms with Gasteiger partial charge in [-0.15, -0.1) is 11.6 Å². The molecule has 5 heteroatoms. The molecule has 0 saturated carbocycles. The molecule has 0 aromatic rings. The quantitative estimate of drug-likeness (QED) is 0.468. The standard InChI is InChI=1S/C4H10ClNO2S/c5-3-4(1-2-6)9(7)8/h4H,1-3,6H2,(H,7,8). The Morgan fingerprint density at radius 1 is 1.78 bits per heavy atom. The van der Waals surface area contributed by atoms with E-state index in [1.54, 1.807) is 0 Å². The summed E-state index contributed by atoms with van der Waals surface area (Å²) < 4.78 is 18.8. The Morgan fingerprint density at radius 2 is 2.33 bits per heavy atom. The molecule has 3 nitrogen and oxygen atoms in total. The van der Waals surface area contributed by atoms with Crippen LogP contribution >= 0.6 is 11.6 Å². The molecule has 0 aliphatic heterocycles. The molecule has 0 aliphatic rings. The zero-order chi connectivity index (χ0) is 7.28. The Kier molecular flexibility index (Phi) is 5.38. The lowest BCUT2D eigenvalue weighted by atomic mass is 10.3. The Bertz CT molecular complexity index is 101. The third kappa shape index (κ3) is 3.86. The van der Waals surface area contributed by atoms with Gasteiger partial charge in [0.15, 0.2) is 11.1 Å². The second-order valence-electron chi connectivity index (χ2n) is 1.63. The molecule has 0 rings (SSSR count). The second-order valence-corrected chi connectivity index (χ2v) is 3.16. The lowest BCUT2D eigenvalue weighted by Gasteiger charge is -2.05. The first-order chi connectivity index (χ1) is 4.22. The van der Waals surface area contributed by atoms with Gasteiger partial charge in [-0.05, 0) is 13.0 Å². The van der Waals surface area contributed by atoms with Crippen LogP contribution in [0.15, 0.2) is 0 Å². The first kappa shape index (κ1) is 9.36. The number of hydrogen-bond donors (Lipinski definition) is 2. The summed E-state index contributed by atoms with van der Waals surface area (Å²) in [4.78, 5) is 0. The molecular formula is C4H10ClNO2S. The summed E-state index contributed by atoms with van der Waals surface area (Å²) in [7, 11) is 0. The summed E-state index contributed by atoms with van der Waals surface area (Å²) in [5.41, 5.74) is 5.14. The number of alkyl halides is 1. The lowest BCUT2D eigenvalue weighted by Crippen LogP contribution is -2.20. The fourth-order valence-corrected chi connectivity index (χ4v) is 1.34. The van der Waals surface area contributed by atoms with Crippen molar-refractivity contribution in [3.63, 3.8) is 0 Å². The molecule has 2 unspecified atom stereocenters. The molecule has 0 radical (unpaired) electrons. The molecule has 0 spiro atoms. The summed E-state index contributed by atoms with van der Waals surface area (Å²) in [6, 6.07) is 0. The maximum atomic E-state index is 10.3. The van der Waals surface area contributed by atoms with Crippen LogP contribution in [0.3, 0.4) is 0 Å². The van der Waals surface area contributed by atoms with Gasteiger partial charge >= 0.3 is 0 Å². The summed E-state index contributed by atoms with van der Waals surface area (Å²) in [6.07, 6.45) is 0.507.